The Hall–Kier alpha value is -2.67. The topological polar surface area (TPSA) is 45.2 Å². The molecule has 1 N–H and O–H groups in total. The maximum absolute atomic E-state index is 12.1. The molecule has 1 amide bonds. The fourth-order valence-electron chi connectivity index (χ4n) is 3.47. The molecule has 3 aromatic carbocycles. The third-order valence-corrected chi connectivity index (χ3v) is 7.16. The number of amides is 1. The average Bonchev–Trinajstić information content (AvgIpc) is 3.31. The predicted octanol–water partition coefficient (Wildman–Crippen LogP) is 7.18. The molecule has 0 aliphatic rings. The highest BCUT2D eigenvalue weighted by Gasteiger charge is 2.16. The average molecular weight is 541 g/mol. The number of hydrogen-bond acceptors (Lipinski definition) is 4. The van der Waals surface area contributed by atoms with Gasteiger partial charge in [-0.1, -0.05) is 76.1 Å². The Labute approximate surface area is 211 Å². The van der Waals surface area contributed by atoms with Crippen molar-refractivity contribution in [2.75, 3.05) is 11.4 Å². The summed E-state index contributed by atoms with van der Waals surface area (Å²) in [4.78, 5) is 19.3. The first-order chi connectivity index (χ1) is 16.0. The highest BCUT2D eigenvalue weighted by atomic mass is 79.9. The number of aromatic nitrogens is 1. The Morgan fingerprint density at radius 1 is 1.03 bits per heavy atom. The zero-order valence-corrected chi connectivity index (χ0v) is 21.3. The first-order valence-electron chi connectivity index (χ1n) is 10.6. The summed E-state index contributed by atoms with van der Waals surface area (Å²) in [6, 6.07) is 23.7. The third-order valence-electron chi connectivity index (χ3n) is 5.16. The molecule has 0 spiro atoms. The number of rotatable bonds is 8. The molecule has 0 aliphatic carbocycles. The highest BCUT2D eigenvalue weighted by molar-refractivity contribution is 9.10. The molecule has 0 fully saturated rings. The molecule has 0 bridgehead atoms. The molecule has 0 unspecified atom stereocenters. The van der Waals surface area contributed by atoms with Gasteiger partial charge < -0.3 is 10.2 Å². The van der Waals surface area contributed by atoms with Gasteiger partial charge in [0, 0.05) is 45.6 Å². The highest BCUT2D eigenvalue weighted by Crippen LogP contribution is 2.33. The second-order valence-electron chi connectivity index (χ2n) is 7.50. The second-order valence-corrected chi connectivity index (χ2v) is 9.60. The van der Waals surface area contributed by atoms with Crippen molar-refractivity contribution in [2.24, 2.45) is 0 Å². The van der Waals surface area contributed by atoms with Crippen molar-refractivity contribution in [3.05, 3.63) is 104 Å². The van der Waals surface area contributed by atoms with Crippen molar-refractivity contribution < 1.29 is 4.79 Å². The smallest absolute Gasteiger partial charge is 0.251 e. The van der Waals surface area contributed by atoms with Crippen LogP contribution in [0.3, 0.4) is 0 Å². The molecular formula is C26H23BrClN3OS. The maximum atomic E-state index is 12.1. The summed E-state index contributed by atoms with van der Waals surface area (Å²) in [7, 11) is 0. The number of hydrogen-bond donors (Lipinski definition) is 1. The van der Waals surface area contributed by atoms with Gasteiger partial charge in [0.05, 0.1) is 5.69 Å². The van der Waals surface area contributed by atoms with E-state index in [0.29, 0.717) is 30.2 Å². The van der Waals surface area contributed by atoms with Crippen LogP contribution in [0.2, 0.25) is 5.02 Å². The standard InChI is InChI=1S/C26H23BrClN3OS/c1-2-29-25(32)19-13-11-18(12-14-19)15-31(16-20-7-3-5-9-22(20)27)26-30-24(17-33-26)21-8-4-6-10-23(21)28/h3-14,17H,2,15-16H2,1H3,(H,29,32). The largest absolute Gasteiger partial charge is 0.352 e. The first kappa shape index (κ1) is 23.5. The zero-order valence-electron chi connectivity index (χ0n) is 18.1. The van der Waals surface area contributed by atoms with E-state index in [1.54, 1.807) is 11.3 Å². The molecule has 1 aromatic heterocycles. The van der Waals surface area contributed by atoms with Crippen LogP contribution in [0.4, 0.5) is 5.13 Å². The lowest BCUT2D eigenvalue weighted by Crippen LogP contribution is -2.23. The quantitative estimate of drug-likeness (QED) is 0.257. The van der Waals surface area contributed by atoms with Crippen LogP contribution in [0, 0.1) is 0 Å². The normalized spacial score (nSPS) is 10.8. The molecule has 4 nitrogen and oxygen atoms in total. The van der Waals surface area contributed by atoms with Crippen LogP contribution < -0.4 is 10.2 Å². The molecule has 1 heterocycles. The van der Waals surface area contributed by atoms with Gasteiger partial charge in [0.25, 0.3) is 5.91 Å². The van der Waals surface area contributed by atoms with Crippen molar-refractivity contribution in [3.63, 3.8) is 0 Å². The molecule has 0 aliphatic heterocycles. The molecular weight excluding hydrogens is 518 g/mol. The molecule has 168 valence electrons. The van der Waals surface area contributed by atoms with Gasteiger partial charge >= 0.3 is 0 Å². The summed E-state index contributed by atoms with van der Waals surface area (Å²) in [5.41, 5.74) is 4.72. The Balaban J connectivity index is 1.62. The lowest BCUT2D eigenvalue weighted by molar-refractivity contribution is 0.0956. The molecule has 4 aromatic rings. The molecule has 0 saturated heterocycles. The van der Waals surface area contributed by atoms with Gasteiger partial charge in [0.1, 0.15) is 0 Å². The number of nitrogens with zero attached hydrogens (tertiary/aromatic N) is 2. The Kier molecular flexibility index (Phi) is 7.81. The lowest BCUT2D eigenvalue weighted by Gasteiger charge is -2.23. The number of carbonyl (C=O) groups is 1. The summed E-state index contributed by atoms with van der Waals surface area (Å²) < 4.78 is 1.06. The third kappa shape index (κ3) is 5.82. The number of carbonyl (C=O) groups excluding carboxylic acids is 1. The minimum Gasteiger partial charge on any atom is -0.352 e. The minimum absolute atomic E-state index is 0.0570. The van der Waals surface area contributed by atoms with E-state index in [0.717, 1.165) is 26.4 Å². The fraction of sp³-hybridized carbons (Fsp3) is 0.154. The van der Waals surface area contributed by atoms with Crippen LogP contribution >= 0.6 is 38.9 Å². The first-order valence-corrected chi connectivity index (χ1v) is 12.7. The zero-order chi connectivity index (χ0) is 23.2. The summed E-state index contributed by atoms with van der Waals surface area (Å²) in [6.45, 7) is 3.87. The van der Waals surface area contributed by atoms with Crippen molar-refractivity contribution >= 4 is 49.9 Å². The van der Waals surface area contributed by atoms with E-state index in [-0.39, 0.29) is 5.91 Å². The van der Waals surface area contributed by atoms with Gasteiger partial charge in [-0.15, -0.1) is 11.3 Å². The number of halogens is 2. The molecule has 7 heteroatoms. The van der Waals surface area contributed by atoms with Gasteiger partial charge in [0.2, 0.25) is 0 Å². The van der Waals surface area contributed by atoms with Gasteiger partial charge in [0.15, 0.2) is 5.13 Å². The number of benzene rings is 3. The lowest BCUT2D eigenvalue weighted by atomic mass is 10.1. The van der Waals surface area contributed by atoms with Crippen LogP contribution in [-0.2, 0) is 13.1 Å². The van der Waals surface area contributed by atoms with Crippen molar-refractivity contribution in [2.45, 2.75) is 20.0 Å². The van der Waals surface area contributed by atoms with Gasteiger partial charge in [-0.25, -0.2) is 4.98 Å². The van der Waals surface area contributed by atoms with Gasteiger partial charge in [-0.3, -0.25) is 4.79 Å². The van der Waals surface area contributed by atoms with E-state index < -0.39 is 0 Å². The van der Waals surface area contributed by atoms with E-state index in [4.69, 9.17) is 16.6 Å². The number of nitrogens with one attached hydrogen (secondary N) is 1. The fourth-order valence-corrected chi connectivity index (χ4v) is 4.94. The summed E-state index contributed by atoms with van der Waals surface area (Å²) in [5.74, 6) is -0.0570. The Morgan fingerprint density at radius 2 is 1.76 bits per heavy atom. The SMILES string of the molecule is CCNC(=O)c1ccc(CN(Cc2ccccc2Br)c2nc(-c3ccccc3Cl)cs2)cc1. The monoisotopic (exact) mass is 539 g/mol. The summed E-state index contributed by atoms with van der Waals surface area (Å²) in [6.07, 6.45) is 0. The van der Waals surface area contributed by atoms with Gasteiger partial charge in [-0.2, -0.15) is 0 Å². The predicted molar refractivity (Wildman–Crippen MR) is 141 cm³/mol. The number of thiazole rings is 1. The van der Waals surface area contributed by atoms with E-state index in [1.165, 1.54) is 5.56 Å². The van der Waals surface area contributed by atoms with E-state index in [9.17, 15) is 4.79 Å². The summed E-state index contributed by atoms with van der Waals surface area (Å²) >= 11 is 11.7. The molecule has 0 atom stereocenters. The van der Waals surface area contributed by atoms with E-state index >= 15 is 0 Å². The second kappa shape index (κ2) is 11.0. The molecule has 0 saturated carbocycles. The van der Waals surface area contributed by atoms with Crippen LogP contribution in [0.15, 0.2) is 82.6 Å². The Morgan fingerprint density at radius 3 is 2.48 bits per heavy atom. The van der Waals surface area contributed by atoms with Crippen molar-refractivity contribution in [3.8, 4) is 11.3 Å². The van der Waals surface area contributed by atoms with Crippen LogP contribution in [-0.4, -0.2) is 17.4 Å². The minimum atomic E-state index is -0.0570. The molecule has 4 rings (SSSR count). The summed E-state index contributed by atoms with van der Waals surface area (Å²) in [5, 5.41) is 6.48. The maximum Gasteiger partial charge on any atom is 0.251 e. The van der Waals surface area contributed by atoms with E-state index in [2.05, 4.69) is 32.2 Å². The van der Waals surface area contributed by atoms with Crippen LogP contribution in [0.25, 0.3) is 11.3 Å². The van der Waals surface area contributed by atoms with E-state index in [1.807, 2.05) is 79.0 Å². The van der Waals surface area contributed by atoms with Crippen molar-refractivity contribution in [1.29, 1.82) is 0 Å². The molecule has 33 heavy (non-hydrogen) atoms. The van der Waals surface area contributed by atoms with Gasteiger partial charge in [-0.05, 0) is 42.3 Å². The number of anilines is 1. The van der Waals surface area contributed by atoms with Crippen LogP contribution in [0.5, 0.6) is 0 Å². The van der Waals surface area contributed by atoms with Crippen LogP contribution in [0.1, 0.15) is 28.4 Å². The molecule has 0 radical (unpaired) electrons. The van der Waals surface area contributed by atoms with Crippen molar-refractivity contribution in [1.82, 2.24) is 10.3 Å². The Bertz CT molecular complexity index is 1240.